The van der Waals surface area contributed by atoms with Gasteiger partial charge in [-0.2, -0.15) is 0 Å². The lowest BCUT2D eigenvalue weighted by atomic mass is 9.89. The molecule has 1 aromatic carbocycles. The van der Waals surface area contributed by atoms with Crippen molar-refractivity contribution in [2.24, 2.45) is 0 Å². The van der Waals surface area contributed by atoms with E-state index in [-0.39, 0.29) is 5.91 Å². The highest BCUT2D eigenvalue weighted by Crippen LogP contribution is 2.26. The molecule has 1 saturated heterocycles. The standard InChI is InChI=1S/C21H31N7O/c1-16(18-3-7-21(8-4-18)28-15-22-24-25-28)23-19-5-9-20(10-6-19)27-13-11-26(12-14-27)17(2)29/h3-4,7-8,15-16,19-20,23H,5-6,9-14H2,1-2H3. The number of tetrazole rings is 1. The number of carbonyl (C=O) groups is 1. The van der Waals surface area contributed by atoms with Crippen LogP contribution < -0.4 is 5.32 Å². The molecule has 1 aliphatic heterocycles. The molecule has 8 nitrogen and oxygen atoms in total. The zero-order valence-corrected chi connectivity index (χ0v) is 17.4. The second-order valence-electron chi connectivity index (χ2n) is 8.28. The third-order valence-corrected chi connectivity index (χ3v) is 6.47. The fraction of sp³-hybridized carbons (Fsp3) is 0.619. The SMILES string of the molecule is CC(=O)N1CCN(C2CCC(NC(C)c3ccc(-n4cnnn4)cc3)CC2)CC1. The van der Waals surface area contributed by atoms with Crippen LogP contribution >= 0.6 is 0 Å². The van der Waals surface area contributed by atoms with E-state index in [9.17, 15) is 4.79 Å². The average Bonchev–Trinajstić information content (AvgIpc) is 3.29. The Hall–Kier alpha value is -2.32. The number of piperazine rings is 1. The molecule has 1 N–H and O–H groups in total. The van der Waals surface area contributed by atoms with Gasteiger partial charge in [-0.25, -0.2) is 4.68 Å². The smallest absolute Gasteiger partial charge is 0.219 e. The molecule has 0 radical (unpaired) electrons. The topological polar surface area (TPSA) is 79.2 Å². The summed E-state index contributed by atoms with van der Waals surface area (Å²) in [5.74, 6) is 0.206. The maximum absolute atomic E-state index is 11.5. The minimum atomic E-state index is 0.206. The first-order valence-electron chi connectivity index (χ1n) is 10.7. The minimum absolute atomic E-state index is 0.206. The van der Waals surface area contributed by atoms with E-state index in [0.717, 1.165) is 31.9 Å². The normalized spacial score (nSPS) is 24.4. The molecule has 0 bridgehead atoms. The van der Waals surface area contributed by atoms with Crippen molar-refractivity contribution in [3.05, 3.63) is 36.2 Å². The first kappa shape index (κ1) is 20.0. The first-order chi connectivity index (χ1) is 14.1. The van der Waals surface area contributed by atoms with Gasteiger partial charge in [0.2, 0.25) is 5.91 Å². The van der Waals surface area contributed by atoms with E-state index in [0.29, 0.717) is 18.1 Å². The lowest BCUT2D eigenvalue weighted by Gasteiger charge is -2.42. The summed E-state index contributed by atoms with van der Waals surface area (Å²) in [6, 6.07) is 9.97. The van der Waals surface area contributed by atoms with Crippen molar-refractivity contribution in [2.45, 2.75) is 57.7 Å². The largest absolute Gasteiger partial charge is 0.340 e. The lowest BCUT2D eigenvalue weighted by Crippen LogP contribution is -2.53. The van der Waals surface area contributed by atoms with E-state index in [1.807, 2.05) is 4.90 Å². The van der Waals surface area contributed by atoms with Crippen LogP contribution in [0, 0.1) is 0 Å². The fourth-order valence-electron chi connectivity index (χ4n) is 4.65. The summed E-state index contributed by atoms with van der Waals surface area (Å²) in [5, 5.41) is 15.1. The third-order valence-electron chi connectivity index (χ3n) is 6.47. The van der Waals surface area contributed by atoms with Crippen LogP contribution in [0.4, 0.5) is 0 Å². The molecule has 156 valence electrons. The molecule has 2 fully saturated rings. The number of hydrogen-bond acceptors (Lipinski definition) is 6. The van der Waals surface area contributed by atoms with Crippen LogP contribution in [0.5, 0.6) is 0 Å². The lowest BCUT2D eigenvalue weighted by molar-refractivity contribution is -0.131. The number of amides is 1. The summed E-state index contributed by atoms with van der Waals surface area (Å²) in [4.78, 5) is 16.1. The second kappa shape index (κ2) is 9.00. The van der Waals surface area contributed by atoms with E-state index < -0.39 is 0 Å². The zero-order valence-electron chi connectivity index (χ0n) is 17.4. The first-order valence-corrected chi connectivity index (χ1v) is 10.7. The van der Waals surface area contributed by atoms with Gasteiger partial charge in [0.1, 0.15) is 6.33 Å². The quantitative estimate of drug-likeness (QED) is 0.829. The number of benzene rings is 1. The number of rotatable bonds is 5. The van der Waals surface area contributed by atoms with Gasteiger partial charge in [-0.05, 0) is 60.7 Å². The molecule has 29 heavy (non-hydrogen) atoms. The Morgan fingerprint density at radius 1 is 1.07 bits per heavy atom. The Bertz CT molecular complexity index is 776. The van der Waals surface area contributed by atoms with Gasteiger partial charge in [-0.1, -0.05) is 12.1 Å². The van der Waals surface area contributed by atoms with Gasteiger partial charge >= 0.3 is 0 Å². The highest BCUT2D eigenvalue weighted by atomic mass is 16.2. The monoisotopic (exact) mass is 397 g/mol. The molecule has 1 aromatic heterocycles. The van der Waals surface area contributed by atoms with Crippen LogP contribution in [0.2, 0.25) is 0 Å². The Morgan fingerprint density at radius 2 is 1.76 bits per heavy atom. The zero-order chi connectivity index (χ0) is 20.2. The Labute approximate surface area is 172 Å². The third kappa shape index (κ3) is 4.82. The van der Waals surface area contributed by atoms with Gasteiger partial charge in [0, 0.05) is 51.2 Å². The van der Waals surface area contributed by atoms with Crippen LogP contribution in [0.3, 0.4) is 0 Å². The van der Waals surface area contributed by atoms with Crippen LogP contribution in [0.1, 0.15) is 51.1 Å². The molecule has 1 atom stereocenters. The molecular weight excluding hydrogens is 366 g/mol. The van der Waals surface area contributed by atoms with E-state index in [1.54, 1.807) is 17.9 Å². The van der Waals surface area contributed by atoms with Gasteiger partial charge in [-0.3, -0.25) is 9.69 Å². The number of carbonyl (C=O) groups excluding carboxylic acids is 1. The summed E-state index contributed by atoms with van der Waals surface area (Å²) in [7, 11) is 0. The van der Waals surface area contributed by atoms with Crippen LogP contribution in [-0.4, -0.2) is 74.2 Å². The maximum Gasteiger partial charge on any atom is 0.219 e. The number of aromatic nitrogens is 4. The van der Waals surface area contributed by atoms with Gasteiger partial charge < -0.3 is 10.2 Å². The molecule has 1 amide bonds. The van der Waals surface area contributed by atoms with Gasteiger partial charge in [-0.15, -0.1) is 5.10 Å². The molecule has 2 heterocycles. The molecule has 2 aliphatic rings. The minimum Gasteiger partial charge on any atom is -0.340 e. The Balaban J connectivity index is 1.24. The predicted molar refractivity (Wildman–Crippen MR) is 111 cm³/mol. The van der Waals surface area contributed by atoms with Gasteiger partial charge in [0.25, 0.3) is 0 Å². The highest BCUT2D eigenvalue weighted by molar-refractivity contribution is 5.73. The van der Waals surface area contributed by atoms with Crippen molar-refractivity contribution < 1.29 is 4.79 Å². The van der Waals surface area contributed by atoms with Crippen molar-refractivity contribution in [2.75, 3.05) is 26.2 Å². The van der Waals surface area contributed by atoms with Crippen molar-refractivity contribution in [3.8, 4) is 5.69 Å². The number of nitrogens with one attached hydrogen (secondary N) is 1. The van der Waals surface area contributed by atoms with Crippen molar-refractivity contribution in [1.82, 2.24) is 35.3 Å². The molecular formula is C21H31N7O. The highest BCUT2D eigenvalue weighted by Gasteiger charge is 2.29. The van der Waals surface area contributed by atoms with Crippen molar-refractivity contribution in [3.63, 3.8) is 0 Å². The number of hydrogen-bond donors (Lipinski definition) is 1. The molecule has 4 rings (SSSR count). The van der Waals surface area contributed by atoms with E-state index >= 15 is 0 Å². The van der Waals surface area contributed by atoms with Gasteiger partial charge in [0.15, 0.2) is 0 Å². The summed E-state index contributed by atoms with van der Waals surface area (Å²) in [6.07, 6.45) is 6.51. The van der Waals surface area contributed by atoms with Crippen LogP contribution in [0.25, 0.3) is 5.69 Å². The van der Waals surface area contributed by atoms with Crippen LogP contribution in [0.15, 0.2) is 30.6 Å². The Kier molecular flexibility index (Phi) is 6.20. The molecule has 2 aromatic rings. The summed E-state index contributed by atoms with van der Waals surface area (Å²) in [5.41, 5.74) is 2.25. The summed E-state index contributed by atoms with van der Waals surface area (Å²) >= 11 is 0. The summed E-state index contributed by atoms with van der Waals surface area (Å²) < 4.78 is 1.67. The van der Waals surface area contributed by atoms with Crippen molar-refractivity contribution >= 4 is 5.91 Å². The van der Waals surface area contributed by atoms with Crippen LogP contribution in [-0.2, 0) is 4.79 Å². The molecule has 0 spiro atoms. The Morgan fingerprint density at radius 3 is 2.34 bits per heavy atom. The van der Waals surface area contributed by atoms with E-state index in [2.05, 4.69) is 56.9 Å². The fourth-order valence-corrected chi connectivity index (χ4v) is 4.65. The molecule has 1 unspecified atom stereocenters. The van der Waals surface area contributed by atoms with Gasteiger partial charge in [0.05, 0.1) is 5.69 Å². The molecule has 8 heteroatoms. The predicted octanol–water partition coefficient (Wildman–Crippen LogP) is 1.79. The maximum atomic E-state index is 11.5. The number of nitrogens with zero attached hydrogens (tertiary/aromatic N) is 6. The molecule has 1 saturated carbocycles. The second-order valence-corrected chi connectivity index (χ2v) is 8.28. The van der Waals surface area contributed by atoms with Crippen molar-refractivity contribution in [1.29, 1.82) is 0 Å². The van der Waals surface area contributed by atoms with E-state index in [1.165, 1.54) is 31.2 Å². The molecule has 1 aliphatic carbocycles. The van der Waals surface area contributed by atoms with E-state index in [4.69, 9.17) is 0 Å². The average molecular weight is 398 g/mol. The summed E-state index contributed by atoms with van der Waals surface area (Å²) in [6.45, 7) is 7.71.